The number of hydrogen-bond acceptors (Lipinski definition) is 5. The molecule has 5 heteroatoms. The molecule has 5 nitrogen and oxygen atoms in total. The summed E-state index contributed by atoms with van der Waals surface area (Å²) in [5, 5.41) is 11.1. The number of carbonyl (C=O) groups is 2. The second kappa shape index (κ2) is 7.06. The summed E-state index contributed by atoms with van der Waals surface area (Å²) < 4.78 is 11.7. The van der Waals surface area contributed by atoms with Gasteiger partial charge in [-0.05, 0) is 73.0 Å². The van der Waals surface area contributed by atoms with Gasteiger partial charge < -0.3 is 14.6 Å². The molecule has 5 aliphatic rings. The Hall–Kier alpha value is -0.940. The van der Waals surface area contributed by atoms with E-state index in [9.17, 15) is 14.7 Å². The molecule has 186 valence electrons. The number of ketones is 1. The van der Waals surface area contributed by atoms with Crippen LogP contribution in [0.25, 0.3) is 0 Å². The fraction of sp³-hybridized carbons (Fsp3) is 0.929. The summed E-state index contributed by atoms with van der Waals surface area (Å²) in [4.78, 5) is 26.2. The van der Waals surface area contributed by atoms with Gasteiger partial charge in [0.1, 0.15) is 11.9 Å². The number of ether oxygens (including phenoxy) is 2. The molecular formula is C28H44O5. The maximum absolute atomic E-state index is 14.2. The molecule has 4 aliphatic carbocycles. The van der Waals surface area contributed by atoms with Crippen molar-refractivity contribution in [2.75, 3.05) is 6.61 Å². The first kappa shape index (κ1) is 23.8. The summed E-state index contributed by atoms with van der Waals surface area (Å²) in [5.41, 5.74) is -0.0647. The standard InChI is InChI=1S/C28H44O5/c1-16(29)33-18-13-21-26(5)12-9-19-24(2,3)10-8-11-25(19,4)20(26)14-22(30)27(21,6)17-15-32-28(7,31)23(17)18/h17-21,23,31H,8-15H2,1-7H3/t17-,18-,19+,20-,21-,23+,25-,26+,27+,28-/m0/s1. The second-order valence-corrected chi connectivity index (χ2v) is 13.8. The van der Waals surface area contributed by atoms with E-state index in [1.807, 2.05) is 0 Å². The Morgan fingerprint density at radius 1 is 1.00 bits per heavy atom. The van der Waals surface area contributed by atoms with E-state index in [4.69, 9.17) is 9.47 Å². The largest absolute Gasteiger partial charge is 0.462 e. The molecule has 0 bridgehead atoms. The van der Waals surface area contributed by atoms with Crippen LogP contribution >= 0.6 is 0 Å². The van der Waals surface area contributed by atoms with Gasteiger partial charge >= 0.3 is 5.97 Å². The van der Waals surface area contributed by atoms with Crippen LogP contribution in [0.5, 0.6) is 0 Å². The van der Waals surface area contributed by atoms with Gasteiger partial charge in [0, 0.05) is 24.7 Å². The van der Waals surface area contributed by atoms with Crippen LogP contribution in [0.3, 0.4) is 0 Å². The van der Waals surface area contributed by atoms with Crippen molar-refractivity contribution in [3.8, 4) is 0 Å². The molecule has 0 aromatic rings. The van der Waals surface area contributed by atoms with Gasteiger partial charge in [-0.25, -0.2) is 0 Å². The smallest absolute Gasteiger partial charge is 0.302 e. The van der Waals surface area contributed by atoms with Gasteiger partial charge in [0.15, 0.2) is 5.79 Å². The first-order valence-corrected chi connectivity index (χ1v) is 13.2. The SMILES string of the molecule is CC(=O)O[C@H]1C[C@H]2[C@]3(C)CC[C@@H]4C(C)(C)CCC[C@]4(C)[C@@H]3CC(=O)[C@]2(C)[C@H]2CO[C@](C)(O)[C@@H]12. The summed E-state index contributed by atoms with van der Waals surface area (Å²) in [6, 6.07) is 0. The number of fused-ring (bicyclic) bond motifs is 7. The Morgan fingerprint density at radius 3 is 2.33 bits per heavy atom. The Morgan fingerprint density at radius 2 is 1.67 bits per heavy atom. The molecule has 0 amide bonds. The minimum absolute atomic E-state index is 0.0130. The predicted molar refractivity (Wildman–Crippen MR) is 125 cm³/mol. The number of rotatable bonds is 1. The minimum Gasteiger partial charge on any atom is -0.462 e. The van der Waals surface area contributed by atoms with Gasteiger partial charge in [0.25, 0.3) is 0 Å². The Balaban J connectivity index is 1.59. The van der Waals surface area contributed by atoms with Crippen LogP contribution in [0.2, 0.25) is 0 Å². The lowest BCUT2D eigenvalue weighted by molar-refractivity contribution is -0.240. The molecule has 0 aromatic heterocycles. The van der Waals surface area contributed by atoms with E-state index in [0.717, 1.165) is 6.42 Å². The van der Waals surface area contributed by atoms with Crippen molar-refractivity contribution >= 4 is 11.8 Å². The van der Waals surface area contributed by atoms with Crippen LogP contribution in [0.1, 0.15) is 93.4 Å². The van der Waals surface area contributed by atoms with Gasteiger partial charge in [-0.15, -0.1) is 0 Å². The van der Waals surface area contributed by atoms with Crippen LogP contribution in [0, 0.1) is 51.2 Å². The lowest BCUT2D eigenvalue weighted by Crippen LogP contribution is -2.68. The Labute approximate surface area is 199 Å². The van der Waals surface area contributed by atoms with E-state index in [1.54, 1.807) is 6.92 Å². The van der Waals surface area contributed by atoms with Crippen molar-refractivity contribution in [2.45, 2.75) is 105 Å². The molecular weight excluding hydrogens is 416 g/mol. The van der Waals surface area contributed by atoms with E-state index in [1.165, 1.54) is 32.6 Å². The highest BCUT2D eigenvalue weighted by Crippen LogP contribution is 2.73. The molecule has 5 rings (SSSR count). The fourth-order valence-electron chi connectivity index (χ4n) is 10.5. The van der Waals surface area contributed by atoms with E-state index in [-0.39, 0.29) is 34.6 Å². The highest BCUT2D eigenvalue weighted by molar-refractivity contribution is 5.87. The fourth-order valence-corrected chi connectivity index (χ4v) is 10.5. The van der Waals surface area contributed by atoms with Crippen molar-refractivity contribution in [2.24, 2.45) is 51.2 Å². The molecule has 0 radical (unpaired) electrons. The van der Waals surface area contributed by atoms with Crippen molar-refractivity contribution < 1.29 is 24.2 Å². The predicted octanol–water partition coefficient (Wildman–Crippen LogP) is 5.14. The summed E-state index contributed by atoms with van der Waals surface area (Å²) >= 11 is 0. The summed E-state index contributed by atoms with van der Waals surface area (Å²) in [7, 11) is 0. The molecule has 10 atom stereocenters. The van der Waals surface area contributed by atoms with Crippen molar-refractivity contribution in [3.05, 3.63) is 0 Å². The average molecular weight is 461 g/mol. The maximum atomic E-state index is 14.2. The summed E-state index contributed by atoms with van der Waals surface area (Å²) in [5.74, 6) is -0.732. The molecule has 1 aliphatic heterocycles. The molecule has 0 unspecified atom stereocenters. The van der Waals surface area contributed by atoms with Gasteiger partial charge in [0.2, 0.25) is 0 Å². The van der Waals surface area contributed by atoms with Crippen molar-refractivity contribution in [3.63, 3.8) is 0 Å². The molecule has 1 saturated heterocycles. The molecule has 5 fully saturated rings. The van der Waals surface area contributed by atoms with Crippen LogP contribution < -0.4 is 0 Å². The lowest BCUT2D eigenvalue weighted by atomic mass is 9.34. The van der Waals surface area contributed by atoms with Gasteiger partial charge in [0.05, 0.1) is 12.5 Å². The molecule has 1 heterocycles. The summed E-state index contributed by atoms with van der Waals surface area (Å²) in [6.45, 7) is 15.4. The second-order valence-electron chi connectivity index (χ2n) is 13.8. The molecule has 33 heavy (non-hydrogen) atoms. The van der Waals surface area contributed by atoms with Crippen LogP contribution in [0.15, 0.2) is 0 Å². The number of esters is 1. The lowest BCUT2D eigenvalue weighted by Gasteiger charge is -2.70. The highest BCUT2D eigenvalue weighted by atomic mass is 16.6. The zero-order valence-corrected chi connectivity index (χ0v) is 21.7. The zero-order chi connectivity index (χ0) is 24.2. The van der Waals surface area contributed by atoms with Crippen molar-refractivity contribution in [1.29, 1.82) is 0 Å². The molecule has 0 aromatic carbocycles. The van der Waals surface area contributed by atoms with Gasteiger partial charge in [-0.3, -0.25) is 9.59 Å². The van der Waals surface area contributed by atoms with Gasteiger partial charge in [-0.1, -0.05) is 41.0 Å². The van der Waals surface area contributed by atoms with Crippen LogP contribution in [0.4, 0.5) is 0 Å². The monoisotopic (exact) mass is 460 g/mol. The normalized spacial score (nSPS) is 55.1. The maximum Gasteiger partial charge on any atom is 0.302 e. The number of hydrogen-bond donors (Lipinski definition) is 1. The van der Waals surface area contributed by atoms with Crippen LogP contribution in [-0.2, 0) is 19.1 Å². The molecule has 1 N–H and O–H groups in total. The minimum atomic E-state index is -1.38. The third kappa shape index (κ3) is 3.03. The Kier molecular flexibility index (Phi) is 5.09. The first-order valence-electron chi connectivity index (χ1n) is 13.2. The number of aliphatic hydroxyl groups is 1. The molecule has 4 saturated carbocycles. The quantitative estimate of drug-likeness (QED) is 0.549. The number of Topliss-reactive ketones (excluding diaryl/α,β-unsaturated/α-hetero) is 1. The topological polar surface area (TPSA) is 72.8 Å². The Bertz CT molecular complexity index is 862. The average Bonchev–Trinajstić information content (AvgIpc) is 3.01. The van der Waals surface area contributed by atoms with Crippen LogP contribution in [-0.4, -0.2) is 35.4 Å². The summed E-state index contributed by atoms with van der Waals surface area (Å²) in [6.07, 6.45) is 6.90. The van der Waals surface area contributed by atoms with E-state index in [0.29, 0.717) is 42.5 Å². The zero-order valence-electron chi connectivity index (χ0n) is 21.7. The number of carbonyl (C=O) groups excluding carboxylic acids is 2. The molecule has 0 spiro atoms. The van der Waals surface area contributed by atoms with E-state index >= 15 is 0 Å². The highest BCUT2D eigenvalue weighted by Gasteiger charge is 2.73. The first-order chi connectivity index (χ1) is 15.2. The van der Waals surface area contributed by atoms with Gasteiger partial charge in [-0.2, -0.15) is 0 Å². The van der Waals surface area contributed by atoms with E-state index < -0.39 is 17.3 Å². The van der Waals surface area contributed by atoms with Crippen molar-refractivity contribution in [1.82, 2.24) is 0 Å². The third-order valence-electron chi connectivity index (χ3n) is 11.9. The third-order valence-corrected chi connectivity index (χ3v) is 11.9. The van der Waals surface area contributed by atoms with E-state index in [2.05, 4.69) is 34.6 Å².